The van der Waals surface area contributed by atoms with Gasteiger partial charge < -0.3 is 10.6 Å². The van der Waals surface area contributed by atoms with Crippen molar-refractivity contribution < 1.29 is 14.4 Å². The smallest absolute Gasteiger partial charge is 0.325 e. The normalized spacial score (nSPS) is 24.3. The van der Waals surface area contributed by atoms with E-state index in [0.29, 0.717) is 25.4 Å². The average Bonchev–Trinajstić information content (AvgIpc) is 3.03. The molecule has 0 bridgehead atoms. The SMILES string of the molecule is O=C(CCCN1C(=O)NC2(CCCC2)C1=O)NC1CC1. The molecule has 3 fully saturated rings. The van der Waals surface area contributed by atoms with Gasteiger partial charge in [-0.25, -0.2) is 4.79 Å². The van der Waals surface area contributed by atoms with Gasteiger partial charge in [-0.1, -0.05) is 12.8 Å². The molecule has 0 atom stereocenters. The molecule has 1 aliphatic heterocycles. The minimum atomic E-state index is -0.632. The third-order valence-electron chi connectivity index (χ3n) is 4.43. The standard InChI is InChI=1S/C14H21N3O3/c18-11(15-10-5-6-10)4-3-9-17-12(19)14(16-13(17)20)7-1-2-8-14/h10H,1-9H2,(H,15,18)(H,16,20). The lowest BCUT2D eigenvalue weighted by Gasteiger charge is -2.19. The highest BCUT2D eigenvalue weighted by molar-refractivity contribution is 6.07. The van der Waals surface area contributed by atoms with Gasteiger partial charge in [0.25, 0.3) is 5.91 Å². The summed E-state index contributed by atoms with van der Waals surface area (Å²) >= 11 is 0. The van der Waals surface area contributed by atoms with E-state index in [0.717, 1.165) is 38.5 Å². The average molecular weight is 279 g/mol. The molecule has 0 aromatic rings. The minimum absolute atomic E-state index is 0.0233. The Morgan fingerprint density at radius 2 is 2.00 bits per heavy atom. The van der Waals surface area contributed by atoms with Crippen LogP contribution in [0.3, 0.4) is 0 Å². The van der Waals surface area contributed by atoms with Crippen molar-refractivity contribution >= 4 is 17.8 Å². The van der Waals surface area contributed by atoms with E-state index >= 15 is 0 Å². The van der Waals surface area contributed by atoms with E-state index in [1.165, 1.54) is 4.90 Å². The Bertz CT molecular complexity index is 439. The number of urea groups is 1. The summed E-state index contributed by atoms with van der Waals surface area (Å²) < 4.78 is 0. The second-order valence-electron chi connectivity index (χ2n) is 6.12. The van der Waals surface area contributed by atoms with Crippen LogP contribution in [0.2, 0.25) is 0 Å². The molecule has 2 N–H and O–H groups in total. The first-order valence-corrected chi connectivity index (χ1v) is 7.54. The van der Waals surface area contributed by atoms with E-state index in [-0.39, 0.29) is 17.8 Å². The second kappa shape index (κ2) is 5.07. The van der Waals surface area contributed by atoms with Crippen molar-refractivity contribution in [1.82, 2.24) is 15.5 Å². The maximum Gasteiger partial charge on any atom is 0.325 e. The maximum absolute atomic E-state index is 12.3. The van der Waals surface area contributed by atoms with Gasteiger partial charge in [-0.05, 0) is 32.1 Å². The highest BCUT2D eigenvalue weighted by Gasteiger charge is 2.51. The van der Waals surface area contributed by atoms with Crippen LogP contribution in [0.5, 0.6) is 0 Å². The first-order valence-electron chi connectivity index (χ1n) is 7.54. The topological polar surface area (TPSA) is 78.5 Å². The number of rotatable bonds is 5. The summed E-state index contributed by atoms with van der Waals surface area (Å²) in [5.41, 5.74) is -0.632. The van der Waals surface area contributed by atoms with Crippen molar-refractivity contribution in [2.75, 3.05) is 6.54 Å². The van der Waals surface area contributed by atoms with E-state index in [4.69, 9.17) is 0 Å². The van der Waals surface area contributed by atoms with Crippen LogP contribution in [0.1, 0.15) is 51.4 Å². The number of imide groups is 1. The van der Waals surface area contributed by atoms with Crippen molar-refractivity contribution in [2.24, 2.45) is 0 Å². The molecule has 4 amide bonds. The predicted molar refractivity (Wildman–Crippen MR) is 71.8 cm³/mol. The summed E-state index contributed by atoms with van der Waals surface area (Å²) in [6, 6.07) is 0.0699. The van der Waals surface area contributed by atoms with Crippen LogP contribution in [0.4, 0.5) is 4.79 Å². The van der Waals surface area contributed by atoms with Crippen LogP contribution in [0, 0.1) is 0 Å². The fourth-order valence-corrected chi connectivity index (χ4v) is 3.12. The molecule has 0 radical (unpaired) electrons. The van der Waals surface area contributed by atoms with E-state index in [9.17, 15) is 14.4 Å². The molecule has 3 aliphatic rings. The summed E-state index contributed by atoms with van der Waals surface area (Å²) in [5.74, 6) is -0.0715. The highest BCUT2D eigenvalue weighted by atomic mass is 16.2. The Morgan fingerprint density at radius 1 is 1.30 bits per heavy atom. The lowest BCUT2D eigenvalue weighted by Crippen LogP contribution is -2.44. The quantitative estimate of drug-likeness (QED) is 0.734. The number of amides is 4. The molecule has 1 saturated heterocycles. The van der Waals surface area contributed by atoms with Crippen LogP contribution >= 0.6 is 0 Å². The number of nitrogens with zero attached hydrogens (tertiary/aromatic N) is 1. The van der Waals surface area contributed by atoms with E-state index in [1.54, 1.807) is 0 Å². The summed E-state index contributed by atoms with van der Waals surface area (Å²) in [5, 5.41) is 5.75. The fraction of sp³-hybridized carbons (Fsp3) is 0.786. The number of hydrogen-bond acceptors (Lipinski definition) is 3. The molecule has 6 nitrogen and oxygen atoms in total. The molecular weight excluding hydrogens is 258 g/mol. The summed E-state index contributed by atoms with van der Waals surface area (Å²) in [4.78, 5) is 37.1. The molecule has 2 saturated carbocycles. The van der Waals surface area contributed by atoms with Crippen molar-refractivity contribution in [2.45, 2.75) is 62.9 Å². The summed E-state index contributed by atoms with van der Waals surface area (Å²) in [7, 11) is 0. The highest BCUT2D eigenvalue weighted by Crippen LogP contribution is 2.35. The van der Waals surface area contributed by atoms with Crippen molar-refractivity contribution in [1.29, 1.82) is 0 Å². The lowest BCUT2D eigenvalue weighted by atomic mass is 9.98. The van der Waals surface area contributed by atoms with Crippen LogP contribution in [0.25, 0.3) is 0 Å². The molecule has 1 heterocycles. The molecule has 3 rings (SSSR count). The summed E-state index contributed by atoms with van der Waals surface area (Å²) in [6.07, 6.45) is 6.52. The Morgan fingerprint density at radius 3 is 2.65 bits per heavy atom. The molecule has 0 aromatic carbocycles. The zero-order valence-electron chi connectivity index (χ0n) is 11.6. The molecule has 1 spiro atoms. The maximum atomic E-state index is 12.3. The number of nitrogens with one attached hydrogen (secondary N) is 2. The van der Waals surface area contributed by atoms with Crippen LogP contribution in [0.15, 0.2) is 0 Å². The van der Waals surface area contributed by atoms with E-state index in [1.807, 2.05) is 0 Å². The molecule has 6 heteroatoms. The van der Waals surface area contributed by atoms with Gasteiger partial charge in [-0.3, -0.25) is 14.5 Å². The molecule has 20 heavy (non-hydrogen) atoms. The van der Waals surface area contributed by atoms with Crippen LogP contribution < -0.4 is 10.6 Å². The van der Waals surface area contributed by atoms with Gasteiger partial charge in [0.05, 0.1) is 0 Å². The van der Waals surface area contributed by atoms with Gasteiger partial charge in [0.2, 0.25) is 5.91 Å². The Kier molecular flexibility index (Phi) is 3.40. The number of carbonyl (C=O) groups excluding carboxylic acids is 3. The zero-order chi connectivity index (χ0) is 14.2. The first kappa shape index (κ1) is 13.4. The van der Waals surface area contributed by atoms with Crippen LogP contribution in [-0.2, 0) is 9.59 Å². The second-order valence-corrected chi connectivity index (χ2v) is 6.12. The Labute approximate surface area is 118 Å². The molecular formula is C14H21N3O3. The van der Waals surface area contributed by atoms with Gasteiger partial charge in [0, 0.05) is 19.0 Å². The minimum Gasteiger partial charge on any atom is -0.353 e. The number of carbonyl (C=O) groups is 3. The van der Waals surface area contributed by atoms with Gasteiger partial charge in [0.15, 0.2) is 0 Å². The van der Waals surface area contributed by atoms with E-state index in [2.05, 4.69) is 10.6 Å². The molecule has 0 unspecified atom stereocenters. The zero-order valence-corrected chi connectivity index (χ0v) is 11.6. The van der Waals surface area contributed by atoms with Gasteiger partial charge >= 0.3 is 6.03 Å². The van der Waals surface area contributed by atoms with Gasteiger partial charge in [-0.2, -0.15) is 0 Å². The van der Waals surface area contributed by atoms with Crippen molar-refractivity contribution in [3.63, 3.8) is 0 Å². The fourth-order valence-electron chi connectivity index (χ4n) is 3.12. The van der Waals surface area contributed by atoms with Crippen molar-refractivity contribution in [3.05, 3.63) is 0 Å². The van der Waals surface area contributed by atoms with Crippen molar-refractivity contribution in [3.8, 4) is 0 Å². The summed E-state index contributed by atoms with van der Waals surface area (Å²) in [6.45, 7) is 0.338. The lowest BCUT2D eigenvalue weighted by molar-refractivity contribution is -0.131. The van der Waals surface area contributed by atoms with E-state index < -0.39 is 5.54 Å². The largest absolute Gasteiger partial charge is 0.353 e. The molecule has 110 valence electrons. The third kappa shape index (κ3) is 2.51. The predicted octanol–water partition coefficient (Wildman–Crippen LogP) is 0.910. The van der Waals surface area contributed by atoms with Crippen LogP contribution in [-0.4, -0.2) is 40.9 Å². The molecule has 2 aliphatic carbocycles. The Balaban J connectivity index is 1.48. The molecule has 0 aromatic heterocycles. The first-order chi connectivity index (χ1) is 9.61. The number of hydrogen-bond donors (Lipinski definition) is 2. The monoisotopic (exact) mass is 279 g/mol. The van der Waals surface area contributed by atoms with Gasteiger partial charge in [-0.15, -0.1) is 0 Å². The third-order valence-corrected chi connectivity index (χ3v) is 4.43. The Hall–Kier alpha value is -1.59. The van der Waals surface area contributed by atoms with Gasteiger partial charge in [0.1, 0.15) is 5.54 Å².